The molecule has 20 heavy (non-hydrogen) atoms. The lowest BCUT2D eigenvalue weighted by Crippen LogP contribution is -2.46. The van der Waals surface area contributed by atoms with Gasteiger partial charge in [-0.2, -0.15) is 5.10 Å². The SMILES string of the molecule is CC(C)n1ncc(Cl)c1C(N)C1CN(C)CCCN1C. The third-order valence-corrected chi connectivity index (χ3v) is 4.41. The van der Waals surface area contributed by atoms with E-state index in [1.54, 1.807) is 6.20 Å². The summed E-state index contributed by atoms with van der Waals surface area (Å²) in [5.41, 5.74) is 7.51. The average Bonchev–Trinajstić information content (AvgIpc) is 2.68. The van der Waals surface area contributed by atoms with Crippen molar-refractivity contribution >= 4 is 11.6 Å². The standard InChI is InChI=1S/C14H26ClN5/c1-10(2)20-14(11(15)8-17-20)13(16)12-9-18(3)6-5-7-19(12)4/h8,10,12-13H,5-7,9,16H2,1-4H3. The van der Waals surface area contributed by atoms with Crippen molar-refractivity contribution in [3.63, 3.8) is 0 Å². The molecule has 0 amide bonds. The summed E-state index contributed by atoms with van der Waals surface area (Å²) in [4.78, 5) is 4.69. The van der Waals surface area contributed by atoms with Gasteiger partial charge in [-0.15, -0.1) is 0 Å². The third-order valence-electron chi connectivity index (χ3n) is 4.12. The van der Waals surface area contributed by atoms with E-state index in [-0.39, 0.29) is 18.1 Å². The third kappa shape index (κ3) is 3.17. The maximum absolute atomic E-state index is 6.56. The van der Waals surface area contributed by atoms with Crippen LogP contribution in [0.25, 0.3) is 0 Å². The van der Waals surface area contributed by atoms with E-state index in [1.807, 2.05) is 4.68 Å². The second kappa shape index (κ2) is 6.43. The number of likely N-dealkylation sites (N-methyl/N-ethyl adjacent to an activating group) is 2. The molecule has 2 rings (SSSR count). The number of hydrogen-bond donors (Lipinski definition) is 1. The zero-order valence-electron chi connectivity index (χ0n) is 12.9. The van der Waals surface area contributed by atoms with Crippen LogP contribution in [-0.4, -0.2) is 59.4 Å². The minimum atomic E-state index is -0.127. The van der Waals surface area contributed by atoms with Crippen LogP contribution in [0, 0.1) is 0 Å². The zero-order valence-corrected chi connectivity index (χ0v) is 13.6. The molecule has 1 aromatic heterocycles. The first kappa shape index (κ1) is 15.8. The quantitative estimate of drug-likeness (QED) is 0.924. The Bertz CT molecular complexity index is 445. The lowest BCUT2D eigenvalue weighted by atomic mass is 10.0. The summed E-state index contributed by atoms with van der Waals surface area (Å²) in [6.07, 6.45) is 2.88. The predicted octanol–water partition coefficient (Wildman–Crippen LogP) is 1.75. The normalized spacial score (nSPS) is 24.1. The molecule has 1 aliphatic heterocycles. The van der Waals surface area contributed by atoms with Gasteiger partial charge in [-0.3, -0.25) is 4.68 Å². The molecule has 0 aromatic carbocycles. The predicted molar refractivity (Wildman–Crippen MR) is 83.1 cm³/mol. The van der Waals surface area contributed by atoms with Gasteiger partial charge in [-0.1, -0.05) is 11.6 Å². The van der Waals surface area contributed by atoms with Crippen LogP contribution in [0.2, 0.25) is 5.02 Å². The molecule has 1 fully saturated rings. The fourth-order valence-corrected chi connectivity index (χ4v) is 3.21. The van der Waals surface area contributed by atoms with Crippen molar-refractivity contribution in [3.8, 4) is 0 Å². The Balaban J connectivity index is 2.29. The first-order valence-electron chi connectivity index (χ1n) is 7.29. The Morgan fingerprint density at radius 1 is 1.35 bits per heavy atom. The minimum Gasteiger partial charge on any atom is -0.321 e. The highest BCUT2D eigenvalue weighted by atomic mass is 35.5. The first-order valence-corrected chi connectivity index (χ1v) is 7.67. The van der Waals surface area contributed by atoms with Gasteiger partial charge in [-0.25, -0.2) is 0 Å². The molecule has 1 aliphatic rings. The molecular weight excluding hydrogens is 274 g/mol. The number of rotatable bonds is 3. The summed E-state index contributed by atoms with van der Waals surface area (Å²) < 4.78 is 1.95. The number of nitrogens with two attached hydrogens (primary N) is 1. The van der Waals surface area contributed by atoms with Gasteiger partial charge >= 0.3 is 0 Å². The van der Waals surface area contributed by atoms with Crippen molar-refractivity contribution < 1.29 is 0 Å². The van der Waals surface area contributed by atoms with Gasteiger partial charge in [-0.05, 0) is 47.5 Å². The maximum Gasteiger partial charge on any atom is 0.0834 e. The van der Waals surface area contributed by atoms with Crippen LogP contribution in [0.5, 0.6) is 0 Å². The molecule has 0 spiro atoms. The fourth-order valence-electron chi connectivity index (χ4n) is 2.95. The Morgan fingerprint density at radius 2 is 2.05 bits per heavy atom. The van der Waals surface area contributed by atoms with Gasteiger partial charge in [0.25, 0.3) is 0 Å². The van der Waals surface area contributed by atoms with Crippen LogP contribution in [0.4, 0.5) is 0 Å². The van der Waals surface area contributed by atoms with Crippen molar-refractivity contribution in [2.75, 3.05) is 33.7 Å². The highest BCUT2D eigenvalue weighted by Gasteiger charge is 2.31. The monoisotopic (exact) mass is 299 g/mol. The smallest absolute Gasteiger partial charge is 0.0834 e. The van der Waals surface area contributed by atoms with Crippen molar-refractivity contribution in [2.24, 2.45) is 5.73 Å². The largest absolute Gasteiger partial charge is 0.321 e. The Hall–Kier alpha value is -0.620. The second-order valence-electron chi connectivity index (χ2n) is 6.11. The highest BCUT2D eigenvalue weighted by Crippen LogP contribution is 2.28. The lowest BCUT2D eigenvalue weighted by molar-refractivity contribution is 0.191. The number of halogens is 1. The summed E-state index contributed by atoms with van der Waals surface area (Å²) in [6.45, 7) is 7.34. The lowest BCUT2D eigenvalue weighted by Gasteiger charge is -2.33. The molecule has 2 heterocycles. The summed E-state index contributed by atoms with van der Waals surface area (Å²) in [5, 5.41) is 5.04. The van der Waals surface area contributed by atoms with Crippen LogP contribution in [-0.2, 0) is 0 Å². The molecule has 2 atom stereocenters. The first-order chi connectivity index (χ1) is 9.41. The zero-order chi connectivity index (χ0) is 14.9. The van der Waals surface area contributed by atoms with Crippen LogP contribution in [0.15, 0.2) is 6.20 Å². The Morgan fingerprint density at radius 3 is 2.70 bits per heavy atom. The van der Waals surface area contributed by atoms with E-state index in [4.69, 9.17) is 17.3 Å². The summed E-state index contributed by atoms with van der Waals surface area (Å²) in [7, 11) is 4.30. The van der Waals surface area contributed by atoms with Gasteiger partial charge in [0, 0.05) is 18.6 Å². The van der Waals surface area contributed by atoms with E-state index in [2.05, 4.69) is 42.8 Å². The molecule has 0 bridgehead atoms. The van der Waals surface area contributed by atoms with Crippen LogP contribution < -0.4 is 5.73 Å². The van der Waals surface area contributed by atoms with E-state index >= 15 is 0 Å². The van der Waals surface area contributed by atoms with Crippen molar-refractivity contribution in [2.45, 2.75) is 38.4 Å². The molecule has 0 saturated carbocycles. The van der Waals surface area contributed by atoms with Gasteiger partial charge in [0.2, 0.25) is 0 Å². The molecule has 5 nitrogen and oxygen atoms in total. The van der Waals surface area contributed by atoms with Crippen molar-refractivity contribution in [1.29, 1.82) is 0 Å². The van der Waals surface area contributed by atoms with Gasteiger partial charge < -0.3 is 15.5 Å². The fraction of sp³-hybridized carbons (Fsp3) is 0.786. The Labute approximate surface area is 126 Å². The van der Waals surface area contributed by atoms with E-state index < -0.39 is 0 Å². The molecule has 2 unspecified atom stereocenters. The molecule has 0 aliphatic carbocycles. The average molecular weight is 300 g/mol. The second-order valence-corrected chi connectivity index (χ2v) is 6.51. The molecule has 2 N–H and O–H groups in total. The van der Waals surface area contributed by atoms with Gasteiger partial charge in [0.05, 0.1) is 23.0 Å². The molecule has 6 heteroatoms. The summed E-state index contributed by atoms with van der Waals surface area (Å²) in [5.74, 6) is 0. The Kier molecular flexibility index (Phi) is 5.07. The van der Waals surface area contributed by atoms with Crippen molar-refractivity contribution in [3.05, 3.63) is 16.9 Å². The molecule has 1 saturated heterocycles. The van der Waals surface area contributed by atoms with E-state index in [1.165, 1.54) is 6.42 Å². The van der Waals surface area contributed by atoms with Crippen LogP contribution in [0.3, 0.4) is 0 Å². The molecule has 0 radical (unpaired) electrons. The number of hydrogen-bond acceptors (Lipinski definition) is 4. The van der Waals surface area contributed by atoms with Crippen LogP contribution in [0.1, 0.15) is 38.0 Å². The van der Waals surface area contributed by atoms with E-state index in [0.29, 0.717) is 5.02 Å². The molecular formula is C14H26ClN5. The number of aromatic nitrogens is 2. The minimum absolute atomic E-state index is 0.127. The summed E-state index contributed by atoms with van der Waals surface area (Å²) in [6, 6.07) is 0.393. The molecule has 1 aromatic rings. The number of nitrogens with zero attached hydrogens (tertiary/aromatic N) is 4. The molecule has 114 valence electrons. The van der Waals surface area contributed by atoms with Crippen molar-refractivity contribution in [1.82, 2.24) is 19.6 Å². The van der Waals surface area contributed by atoms with Crippen LogP contribution >= 0.6 is 11.6 Å². The van der Waals surface area contributed by atoms with E-state index in [9.17, 15) is 0 Å². The maximum atomic E-state index is 6.56. The van der Waals surface area contributed by atoms with Gasteiger partial charge in [0.15, 0.2) is 0 Å². The highest BCUT2D eigenvalue weighted by molar-refractivity contribution is 6.31. The van der Waals surface area contributed by atoms with Gasteiger partial charge in [0.1, 0.15) is 0 Å². The topological polar surface area (TPSA) is 50.3 Å². The van der Waals surface area contributed by atoms with E-state index in [0.717, 1.165) is 25.3 Å². The summed E-state index contributed by atoms with van der Waals surface area (Å²) >= 11 is 6.33.